The second kappa shape index (κ2) is 7.15. The molecule has 4 atom stereocenters. The van der Waals surface area contributed by atoms with Crippen LogP contribution in [0.3, 0.4) is 0 Å². The first kappa shape index (κ1) is 18.5. The fourth-order valence-corrected chi connectivity index (χ4v) is 3.45. The van der Waals surface area contributed by atoms with Gasteiger partial charge >= 0.3 is 11.0 Å². The number of aliphatic hydroxyl groups excluding tert-OH is 2. The number of carbonyl (C=O) groups is 1. The Labute approximate surface area is 150 Å². The van der Waals surface area contributed by atoms with Crippen molar-refractivity contribution in [3.8, 4) is 0 Å². The van der Waals surface area contributed by atoms with Crippen LogP contribution in [0.25, 0.3) is 10.3 Å². The Kier molecular flexibility index (Phi) is 5.09. The number of anilines is 1. The number of aliphatic hydroxyl groups is 2. The molecule has 0 bridgehead atoms. The van der Waals surface area contributed by atoms with Gasteiger partial charge < -0.3 is 30.2 Å². The molecule has 0 aromatic carbocycles. The molecule has 0 saturated carbocycles. The van der Waals surface area contributed by atoms with E-state index in [9.17, 15) is 19.8 Å². The Balaban J connectivity index is 1.92. The van der Waals surface area contributed by atoms with Gasteiger partial charge in [0.05, 0.1) is 23.6 Å². The normalized spacial score (nSPS) is 25.7. The molecule has 12 heteroatoms. The highest BCUT2D eigenvalue weighted by Crippen LogP contribution is 2.33. The maximum absolute atomic E-state index is 12.3. The van der Waals surface area contributed by atoms with Crippen molar-refractivity contribution in [1.82, 2.24) is 14.5 Å². The number of thiazole rings is 1. The van der Waals surface area contributed by atoms with E-state index in [2.05, 4.69) is 9.97 Å². The molecule has 0 radical (unpaired) electrons. The molecule has 1 aliphatic heterocycles. The molecule has 0 unspecified atom stereocenters. The van der Waals surface area contributed by atoms with Crippen LogP contribution >= 0.6 is 11.3 Å². The summed E-state index contributed by atoms with van der Waals surface area (Å²) in [5, 5.41) is 20.1. The lowest BCUT2D eigenvalue weighted by Crippen LogP contribution is -2.39. The van der Waals surface area contributed by atoms with Crippen LogP contribution in [-0.4, -0.2) is 61.9 Å². The fourth-order valence-electron chi connectivity index (χ4n) is 2.63. The van der Waals surface area contributed by atoms with Gasteiger partial charge in [-0.15, -0.1) is 0 Å². The van der Waals surface area contributed by atoms with Gasteiger partial charge in [-0.1, -0.05) is 11.3 Å². The zero-order chi connectivity index (χ0) is 19.0. The van der Waals surface area contributed by atoms with E-state index < -0.39 is 48.3 Å². The number of rotatable bonds is 4. The summed E-state index contributed by atoms with van der Waals surface area (Å²) in [5.41, 5.74) is 5.75. The van der Waals surface area contributed by atoms with E-state index in [0.717, 1.165) is 15.9 Å². The van der Waals surface area contributed by atoms with Crippen LogP contribution in [0.2, 0.25) is 0 Å². The number of hydrogen-bond acceptors (Lipinski definition) is 11. The molecule has 1 fully saturated rings. The molecule has 1 saturated heterocycles. The predicted octanol–water partition coefficient (Wildman–Crippen LogP) is -0.384. The molecule has 2 aromatic rings. The van der Waals surface area contributed by atoms with Crippen LogP contribution in [0.4, 0.5) is 10.7 Å². The molecule has 0 spiro atoms. The number of carbonyl (C=O) groups excluding carboxylic acids is 1. The number of ether oxygens (including phenoxy) is 3. The number of aromatic nitrogens is 3. The summed E-state index contributed by atoms with van der Waals surface area (Å²) in [5.74, 6) is -0.0523. The van der Waals surface area contributed by atoms with E-state index in [4.69, 9.17) is 19.9 Å². The zero-order valence-corrected chi connectivity index (χ0v) is 14.8. The predicted molar refractivity (Wildman–Crippen MR) is 89.6 cm³/mol. The molecule has 0 aliphatic carbocycles. The van der Waals surface area contributed by atoms with Gasteiger partial charge in [-0.25, -0.2) is 9.78 Å². The van der Waals surface area contributed by atoms with Crippen molar-refractivity contribution < 1.29 is 29.2 Å². The van der Waals surface area contributed by atoms with Gasteiger partial charge in [-0.2, -0.15) is 4.98 Å². The minimum absolute atomic E-state index is 0.0523. The molecule has 11 nitrogen and oxygen atoms in total. The summed E-state index contributed by atoms with van der Waals surface area (Å²) >= 11 is 0.850. The maximum Gasteiger partial charge on any atom is 0.508 e. The summed E-state index contributed by atoms with van der Waals surface area (Å²) in [6, 6.07) is 0. The van der Waals surface area contributed by atoms with E-state index >= 15 is 0 Å². The molecule has 3 heterocycles. The number of hydrogen-bond donors (Lipinski definition) is 3. The van der Waals surface area contributed by atoms with Crippen LogP contribution in [-0.2, 0) is 14.2 Å². The third-order valence-electron chi connectivity index (χ3n) is 3.69. The van der Waals surface area contributed by atoms with Gasteiger partial charge in [-0.05, 0) is 13.8 Å². The van der Waals surface area contributed by atoms with E-state index in [1.807, 2.05) is 0 Å². The average molecular weight is 386 g/mol. The summed E-state index contributed by atoms with van der Waals surface area (Å²) in [6.45, 7) is 2.73. The van der Waals surface area contributed by atoms with E-state index in [-0.39, 0.29) is 11.6 Å². The highest BCUT2D eigenvalue weighted by Gasteiger charge is 2.48. The van der Waals surface area contributed by atoms with Crippen LogP contribution < -0.4 is 10.6 Å². The van der Waals surface area contributed by atoms with Crippen LogP contribution in [0.15, 0.2) is 11.0 Å². The molecule has 0 amide bonds. The van der Waals surface area contributed by atoms with Gasteiger partial charge in [0.2, 0.25) is 5.95 Å². The minimum Gasteiger partial charge on any atom is -0.432 e. The van der Waals surface area contributed by atoms with Crippen molar-refractivity contribution >= 4 is 33.8 Å². The highest BCUT2D eigenvalue weighted by molar-refractivity contribution is 7.16. The number of fused-ring (bicyclic) bond motifs is 1. The topological polar surface area (TPSA) is 159 Å². The smallest absolute Gasteiger partial charge is 0.432 e. The van der Waals surface area contributed by atoms with Gasteiger partial charge in [0, 0.05) is 0 Å². The first-order chi connectivity index (χ1) is 12.3. The van der Waals surface area contributed by atoms with Gasteiger partial charge in [0.1, 0.15) is 12.2 Å². The van der Waals surface area contributed by atoms with Crippen molar-refractivity contribution in [3.63, 3.8) is 0 Å². The summed E-state index contributed by atoms with van der Waals surface area (Å²) < 4.78 is 17.1. The molecular formula is C14H18N4O7S. The highest BCUT2D eigenvalue weighted by atomic mass is 32.1. The Morgan fingerprint density at radius 3 is 2.92 bits per heavy atom. The second-order valence-electron chi connectivity index (χ2n) is 5.89. The van der Waals surface area contributed by atoms with Crippen LogP contribution in [0.5, 0.6) is 0 Å². The van der Waals surface area contributed by atoms with Gasteiger partial charge in [0.15, 0.2) is 18.0 Å². The van der Waals surface area contributed by atoms with Gasteiger partial charge in [0.25, 0.3) is 0 Å². The molecule has 26 heavy (non-hydrogen) atoms. The number of nitrogens with two attached hydrogens (primary N) is 1. The molecule has 2 aromatic heterocycles. The van der Waals surface area contributed by atoms with Crippen molar-refractivity contribution in [3.05, 3.63) is 15.9 Å². The van der Waals surface area contributed by atoms with Gasteiger partial charge in [-0.3, -0.25) is 9.36 Å². The average Bonchev–Trinajstić information content (AvgIpc) is 3.03. The zero-order valence-electron chi connectivity index (χ0n) is 13.9. The molecule has 142 valence electrons. The molecule has 1 aliphatic rings. The summed E-state index contributed by atoms with van der Waals surface area (Å²) in [4.78, 5) is 31.4. The largest absolute Gasteiger partial charge is 0.508 e. The molecule has 3 rings (SSSR count). The summed E-state index contributed by atoms with van der Waals surface area (Å²) in [6.07, 6.45) is -4.97. The Hall–Kier alpha value is -2.28. The first-order valence-corrected chi connectivity index (χ1v) is 8.58. The monoisotopic (exact) mass is 386 g/mol. The first-order valence-electron chi connectivity index (χ1n) is 7.77. The Bertz CT molecular complexity index is 867. The quantitative estimate of drug-likeness (QED) is 0.591. The minimum atomic E-state index is -1.43. The van der Waals surface area contributed by atoms with Crippen molar-refractivity contribution in [2.45, 2.75) is 44.5 Å². The molecule has 4 N–H and O–H groups in total. The third kappa shape index (κ3) is 3.35. The van der Waals surface area contributed by atoms with E-state index in [0.29, 0.717) is 4.70 Å². The second-order valence-corrected chi connectivity index (χ2v) is 6.88. The van der Waals surface area contributed by atoms with E-state index in [1.54, 1.807) is 13.8 Å². The van der Waals surface area contributed by atoms with E-state index in [1.165, 1.54) is 6.20 Å². The van der Waals surface area contributed by atoms with Crippen molar-refractivity contribution in [2.75, 3.05) is 12.3 Å². The van der Waals surface area contributed by atoms with Crippen LogP contribution in [0, 0.1) is 0 Å². The Morgan fingerprint density at radius 1 is 1.54 bits per heavy atom. The maximum atomic E-state index is 12.3. The number of nitrogens with zero attached hydrogens (tertiary/aromatic N) is 3. The third-order valence-corrected chi connectivity index (χ3v) is 4.56. The summed E-state index contributed by atoms with van der Waals surface area (Å²) in [7, 11) is 0. The fraction of sp³-hybridized carbons (Fsp3) is 0.571. The van der Waals surface area contributed by atoms with Crippen molar-refractivity contribution in [1.29, 1.82) is 0 Å². The van der Waals surface area contributed by atoms with Crippen LogP contribution in [0.1, 0.15) is 20.1 Å². The number of nitrogen functional groups attached to an aromatic ring is 1. The lowest BCUT2D eigenvalue weighted by Gasteiger charge is -2.20. The standard InChI is InChI=1S/C14H18N4O7S/c1-5(2)23-14(22)25-9-6(4-19)24-11(8(9)20)18-10-7(26-13(18)21)3-16-12(15)17-10/h3,5-6,8-9,11,19-20H,4H2,1-2H3,(H2,15,16,17)/t6-,8-,9-,11-/m1/s1. The Morgan fingerprint density at radius 2 is 2.27 bits per heavy atom. The molecular weight excluding hydrogens is 368 g/mol. The lowest BCUT2D eigenvalue weighted by molar-refractivity contribution is -0.0590. The lowest BCUT2D eigenvalue weighted by atomic mass is 10.1. The van der Waals surface area contributed by atoms with Crippen molar-refractivity contribution in [2.24, 2.45) is 0 Å². The SMILES string of the molecule is CC(C)OC(=O)O[C@H]1[C@@H](O)[C@H](n2c(=O)sc3cnc(N)nc32)O[C@@H]1CO.